The van der Waals surface area contributed by atoms with Gasteiger partial charge in [-0.15, -0.1) is 0 Å². The maximum Gasteiger partial charge on any atom is 0.222 e. The summed E-state index contributed by atoms with van der Waals surface area (Å²) in [6.45, 7) is 6.59. The average Bonchev–Trinajstić information content (AvgIpc) is 2.49. The molecular formula is C18H38N2O. The maximum absolute atomic E-state index is 12.1. The third-order valence-electron chi connectivity index (χ3n) is 4.03. The lowest BCUT2D eigenvalue weighted by Gasteiger charge is -2.21. The molecule has 3 heteroatoms. The largest absolute Gasteiger partial charge is 0.341 e. The molecule has 2 N–H and O–H groups in total. The first-order chi connectivity index (χ1) is 10.3. The SMILES string of the molecule is CCCCCCCCCCCC(=O)N(CCN)CCCC. The Morgan fingerprint density at radius 2 is 1.29 bits per heavy atom. The molecule has 1 amide bonds. The summed E-state index contributed by atoms with van der Waals surface area (Å²) in [5, 5.41) is 0. The van der Waals surface area contributed by atoms with Crippen LogP contribution in [0.4, 0.5) is 0 Å². The van der Waals surface area contributed by atoms with Crippen LogP contribution < -0.4 is 5.73 Å². The summed E-state index contributed by atoms with van der Waals surface area (Å²) >= 11 is 0. The van der Waals surface area contributed by atoms with Crippen molar-refractivity contribution in [1.82, 2.24) is 4.90 Å². The van der Waals surface area contributed by atoms with Crippen LogP contribution in [0.5, 0.6) is 0 Å². The molecule has 0 unspecified atom stereocenters. The lowest BCUT2D eigenvalue weighted by molar-refractivity contribution is -0.131. The van der Waals surface area contributed by atoms with Gasteiger partial charge in [0.05, 0.1) is 0 Å². The van der Waals surface area contributed by atoms with Gasteiger partial charge in [0.15, 0.2) is 0 Å². The van der Waals surface area contributed by atoms with E-state index in [-0.39, 0.29) is 0 Å². The zero-order chi connectivity index (χ0) is 15.8. The number of nitrogens with zero attached hydrogens (tertiary/aromatic N) is 1. The van der Waals surface area contributed by atoms with E-state index in [1.54, 1.807) is 0 Å². The predicted molar refractivity (Wildman–Crippen MR) is 92.4 cm³/mol. The fraction of sp³-hybridized carbons (Fsp3) is 0.944. The van der Waals surface area contributed by atoms with Crippen molar-refractivity contribution >= 4 is 5.91 Å². The van der Waals surface area contributed by atoms with Gasteiger partial charge in [-0.25, -0.2) is 0 Å². The molecule has 0 radical (unpaired) electrons. The van der Waals surface area contributed by atoms with Gasteiger partial charge in [0.1, 0.15) is 0 Å². The molecule has 0 fully saturated rings. The van der Waals surface area contributed by atoms with Gasteiger partial charge < -0.3 is 10.6 Å². The quantitative estimate of drug-likeness (QED) is 0.453. The lowest BCUT2D eigenvalue weighted by Crippen LogP contribution is -2.35. The molecule has 3 nitrogen and oxygen atoms in total. The molecule has 0 saturated carbocycles. The molecule has 126 valence electrons. The van der Waals surface area contributed by atoms with Gasteiger partial charge in [0, 0.05) is 26.1 Å². The third-order valence-corrected chi connectivity index (χ3v) is 4.03. The topological polar surface area (TPSA) is 46.3 Å². The second kappa shape index (κ2) is 15.8. The summed E-state index contributed by atoms with van der Waals surface area (Å²) in [4.78, 5) is 14.1. The minimum absolute atomic E-state index is 0.303. The van der Waals surface area contributed by atoms with Crippen LogP contribution in [0.1, 0.15) is 90.9 Å². The van der Waals surface area contributed by atoms with Gasteiger partial charge >= 0.3 is 0 Å². The molecule has 0 heterocycles. The van der Waals surface area contributed by atoms with Gasteiger partial charge in [-0.05, 0) is 12.8 Å². The zero-order valence-corrected chi connectivity index (χ0v) is 14.5. The standard InChI is InChI=1S/C18H38N2O/c1-3-5-7-8-9-10-11-12-13-14-18(21)20(17-15-19)16-6-4-2/h3-17,19H2,1-2H3. The summed E-state index contributed by atoms with van der Waals surface area (Å²) in [6, 6.07) is 0. The lowest BCUT2D eigenvalue weighted by atomic mass is 10.1. The third kappa shape index (κ3) is 12.9. The Labute approximate surface area is 132 Å². The number of rotatable bonds is 15. The number of hydrogen-bond donors (Lipinski definition) is 1. The summed E-state index contributed by atoms with van der Waals surface area (Å²) in [6.07, 6.45) is 14.6. The van der Waals surface area contributed by atoms with Crippen LogP contribution in [0, 0.1) is 0 Å². The normalized spacial score (nSPS) is 10.8. The first-order valence-electron chi connectivity index (χ1n) is 9.24. The van der Waals surface area contributed by atoms with Crippen molar-refractivity contribution in [2.45, 2.75) is 90.9 Å². The number of carbonyl (C=O) groups is 1. The molecule has 0 rings (SSSR count). The highest BCUT2D eigenvalue weighted by Crippen LogP contribution is 2.11. The van der Waals surface area contributed by atoms with E-state index in [1.165, 1.54) is 51.4 Å². The van der Waals surface area contributed by atoms with E-state index in [2.05, 4.69) is 13.8 Å². The highest BCUT2D eigenvalue weighted by Gasteiger charge is 2.11. The number of amides is 1. The van der Waals surface area contributed by atoms with Crippen LogP contribution in [0.3, 0.4) is 0 Å². The Morgan fingerprint density at radius 1 is 0.762 bits per heavy atom. The zero-order valence-electron chi connectivity index (χ0n) is 14.5. The molecule has 0 spiro atoms. The second-order valence-corrected chi connectivity index (χ2v) is 6.10. The van der Waals surface area contributed by atoms with E-state index >= 15 is 0 Å². The van der Waals surface area contributed by atoms with Crippen molar-refractivity contribution in [3.63, 3.8) is 0 Å². The van der Waals surface area contributed by atoms with Crippen LogP contribution in [0.2, 0.25) is 0 Å². The Hall–Kier alpha value is -0.570. The molecular weight excluding hydrogens is 260 g/mol. The van der Waals surface area contributed by atoms with Crippen LogP contribution in [0.15, 0.2) is 0 Å². The van der Waals surface area contributed by atoms with E-state index in [1.807, 2.05) is 4.90 Å². The average molecular weight is 299 g/mol. The first kappa shape index (κ1) is 20.4. The van der Waals surface area contributed by atoms with Gasteiger partial charge in [-0.1, -0.05) is 71.6 Å². The fourth-order valence-electron chi connectivity index (χ4n) is 2.61. The minimum atomic E-state index is 0.303. The molecule has 0 aromatic heterocycles. The van der Waals surface area contributed by atoms with Crippen LogP contribution >= 0.6 is 0 Å². The summed E-state index contributed by atoms with van der Waals surface area (Å²) in [5.41, 5.74) is 5.59. The van der Waals surface area contributed by atoms with E-state index in [0.29, 0.717) is 18.9 Å². The summed E-state index contributed by atoms with van der Waals surface area (Å²) < 4.78 is 0. The molecule has 0 aromatic carbocycles. The van der Waals surface area contributed by atoms with Crippen LogP contribution in [0.25, 0.3) is 0 Å². The molecule has 21 heavy (non-hydrogen) atoms. The van der Waals surface area contributed by atoms with E-state index in [4.69, 9.17) is 5.73 Å². The number of carbonyl (C=O) groups excluding carboxylic acids is 1. The predicted octanol–water partition coefficient (Wildman–Crippen LogP) is 4.49. The van der Waals surface area contributed by atoms with Crippen molar-refractivity contribution < 1.29 is 4.79 Å². The maximum atomic E-state index is 12.1. The Morgan fingerprint density at radius 3 is 1.81 bits per heavy atom. The molecule has 0 saturated heterocycles. The minimum Gasteiger partial charge on any atom is -0.341 e. The molecule has 0 aromatic rings. The molecule has 0 aliphatic heterocycles. The monoisotopic (exact) mass is 298 g/mol. The summed E-state index contributed by atoms with van der Waals surface area (Å²) in [7, 11) is 0. The number of hydrogen-bond acceptors (Lipinski definition) is 2. The highest BCUT2D eigenvalue weighted by molar-refractivity contribution is 5.76. The van der Waals surface area contributed by atoms with Crippen LogP contribution in [-0.2, 0) is 4.79 Å². The number of nitrogens with two attached hydrogens (primary N) is 1. The Kier molecular flexibility index (Phi) is 15.4. The van der Waals surface area contributed by atoms with E-state index in [9.17, 15) is 4.79 Å². The van der Waals surface area contributed by atoms with Gasteiger partial charge in [-0.2, -0.15) is 0 Å². The first-order valence-corrected chi connectivity index (χ1v) is 9.24. The van der Waals surface area contributed by atoms with Crippen LogP contribution in [-0.4, -0.2) is 30.4 Å². The van der Waals surface area contributed by atoms with Crippen molar-refractivity contribution in [2.75, 3.05) is 19.6 Å². The fourth-order valence-corrected chi connectivity index (χ4v) is 2.61. The van der Waals surface area contributed by atoms with E-state index < -0.39 is 0 Å². The second-order valence-electron chi connectivity index (χ2n) is 6.10. The van der Waals surface area contributed by atoms with Gasteiger partial charge in [0.2, 0.25) is 5.91 Å². The molecule has 0 atom stereocenters. The van der Waals surface area contributed by atoms with Crippen molar-refractivity contribution in [2.24, 2.45) is 5.73 Å². The Balaban J connectivity index is 3.53. The Bertz CT molecular complexity index is 231. The van der Waals surface area contributed by atoms with E-state index in [0.717, 1.165) is 32.4 Å². The molecule has 0 aliphatic carbocycles. The molecule has 0 aliphatic rings. The van der Waals surface area contributed by atoms with Crippen molar-refractivity contribution in [3.8, 4) is 0 Å². The van der Waals surface area contributed by atoms with Crippen molar-refractivity contribution in [1.29, 1.82) is 0 Å². The highest BCUT2D eigenvalue weighted by atomic mass is 16.2. The smallest absolute Gasteiger partial charge is 0.222 e. The van der Waals surface area contributed by atoms with Gasteiger partial charge in [-0.3, -0.25) is 4.79 Å². The summed E-state index contributed by atoms with van der Waals surface area (Å²) in [5.74, 6) is 0.303. The molecule has 0 bridgehead atoms. The van der Waals surface area contributed by atoms with Crippen molar-refractivity contribution in [3.05, 3.63) is 0 Å². The number of unbranched alkanes of at least 4 members (excludes halogenated alkanes) is 9. The van der Waals surface area contributed by atoms with Gasteiger partial charge in [0.25, 0.3) is 0 Å².